The van der Waals surface area contributed by atoms with Crippen molar-refractivity contribution >= 4 is 17.7 Å². The maximum atomic E-state index is 10.9. The van der Waals surface area contributed by atoms with Crippen LogP contribution in [-0.2, 0) is 9.53 Å². The van der Waals surface area contributed by atoms with Gasteiger partial charge in [0.05, 0.1) is 36.7 Å². The fourth-order valence-corrected chi connectivity index (χ4v) is 6.15. The summed E-state index contributed by atoms with van der Waals surface area (Å²) >= 11 is 0. The molecule has 36 heavy (non-hydrogen) atoms. The Hall–Kier alpha value is -3.68. The number of likely N-dealkylation sites (tertiary alicyclic amines) is 2. The molecule has 0 saturated carbocycles. The van der Waals surface area contributed by atoms with E-state index in [2.05, 4.69) is 21.0 Å². The Labute approximate surface area is 208 Å². The van der Waals surface area contributed by atoms with Crippen LogP contribution in [0.4, 0.5) is 5.82 Å². The molecule has 3 aromatic heterocycles. The van der Waals surface area contributed by atoms with Crippen molar-refractivity contribution in [3.63, 3.8) is 0 Å². The largest absolute Gasteiger partial charge is 0.491 e. The van der Waals surface area contributed by atoms with Gasteiger partial charge in [-0.15, -0.1) is 0 Å². The summed E-state index contributed by atoms with van der Waals surface area (Å²) in [6.07, 6.45) is 6.20. The van der Waals surface area contributed by atoms with E-state index in [0.717, 1.165) is 87.9 Å². The van der Waals surface area contributed by atoms with E-state index in [1.807, 2.05) is 35.5 Å². The molecule has 4 aliphatic rings. The van der Waals surface area contributed by atoms with Gasteiger partial charge in [0.25, 0.3) is 0 Å². The highest BCUT2D eigenvalue weighted by Crippen LogP contribution is 2.41. The van der Waals surface area contributed by atoms with Gasteiger partial charge in [-0.3, -0.25) is 9.69 Å². The maximum Gasteiger partial charge on any atom is 0.209 e. The van der Waals surface area contributed by atoms with Crippen LogP contribution >= 0.6 is 0 Å². The molecular weight excluding hydrogens is 458 g/mol. The molecule has 7 heterocycles. The van der Waals surface area contributed by atoms with Gasteiger partial charge >= 0.3 is 0 Å². The van der Waals surface area contributed by atoms with Crippen molar-refractivity contribution in [1.82, 2.24) is 24.4 Å². The van der Waals surface area contributed by atoms with E-state index in [1.54, 1.807) is 10.7 Å². The highest BCUT2D eigenvalue weighted by molar-refractivity contribution is 5.85. The van der Waals surface area contributed by atoms with Gasteiger partial charge in [-0.25, -0.2) is 9.50 Å². The minimum atomic E-state index is 0.237. The number of carbonyl (C=O) groups is 1. The molecule has 0 aliphatic carbocycles. The van der Waals surface area contributed by atoms with Crippen LogP contribution in [0.1, 0.15) is 5.56 Å². The normalized spacial score (nSPS) is 21.4. The summed E-state index contributed by atoms with van der Waals surface area (Å²) in [7, 11) is 0. The first-order valence-corrected chi connectivity index (χ1v) is 12.3. The zero-order valence-electron chi connectivity index (χ0n) is 20.0. The summed E-state index contributed by atoms with van der Waals surface area (Å²) in [6, 6.07) is 8.29. The number of amides is 1. The SMILES string of the molecule is N#Cc1cnn2cc(OCCN3CC4(COC4)C3)cc(-c3ccc(N4CC5(CN(C=O)C5)C4)nc3)c12. The molecule has 4 saturated heterocycles. The third-order valence-corrected chi connectivity index (χ3v) is 7.98. The molecule has 0 aromatic carbocycles. The summed E-state index contributed by atoms with van der Waals surface area (Å²) in [5.74, 6) is 1.64. The molecule has 4 fully saturated rings. The quantitative estimate of drug-likeness (QED) is 0.461. The van der Waals surface area contributed by atoms with Crippen molar-refractivity contribution in [2.24, 2.45) is 10.8 Å². The first-order valence-electron chi connectivity index (χ1n) is 12.3. The number of hydrogen-bond donors (Lipinski definition) is 0. The van der Waals surface area contributed by atoms with Crippen molar-refractivity contribution in [3.05, 3.63) is 42.4 Å². The molecule has 1 amide bonds. The van der Waals surface area contributed by atoms with Gasteiger partial charge < -0.3 is 19.3 Å². The molecule has 184 valence electrons. The Morgan fingerprint density at radius 1 is 1.11 bits per heavy atom. The number of anilines is 1. The second-order valence-corrected chi connectivity index (χ2v) is 10.9. The van der Waals surface area contributed by atoms with Gasteiger partial charge in [-0.2, -0.15) is 10.4 Å². The van der Waals surface area contributed by atoms with Crippen LogP contribution in [0.5, 0.6) is 5.75 Å². The molecule has 0 N–H and O–H groups in total. The fourth-order valence-electron chi connectivity index (χ4n) is 6.15. The molecule has 2 spiro atoms. The molecule has 0 bridgehead atoms. The van der Waals surface area contributed by atoms with Crippen LogP contribution in [0.25, 0.3) is 16.6 Å². The van der Waals surface area contributed by atoms with Crippen LogP contribution in [0.2, 0.25) is 0 Å². The van der Waals surface area contributed by atoms with Crippen molar-refractivity contribution in [3.8, 4) is 22.9 Å². The van der Waals surface area contributed by atoms with E-state index >= 15 is 0 Å². The molecular formula is C26H27N7O3. The topological polar surface area (TPSA) is 99.2 Å². The fraction of sp³-hybridized carbons (Fsp3) is 0.462. The lowest BCUT2D eigenvalue weighted by Gasteiger charge is -2.59. The Morgan fingerprint density at radius 2 is 1.94 bits per heavy atom. The monoisotopic (exact) mass is 485 g/mol. The van der Waals surface area contributed by atoms with E-state index in [0.29, 0.717) is 23.3 Å². The number of ether oxygens (including phenoxy) is 2. The Kier molecular flexibility index (Phi) is 4.75. The van der Waals surface area contributed by atoms with E-state index in [9.17, 15) is 10.1 Å². The predicted octanol–water partition coefficient (Wildman–Crippen LogP) is 1.26. The van der Waals surface area contributed by atoms with Gasteiger partial charge in [0, 0.05) is 74.0 Å². The van der Waals surface area contributed by atoms with Gasteiger partial charge in [0.1, 0.15) is 24.2 Å². The Morgan fingerprint density at radius 3 is 2.61 bits per heavy atom. The maximum absolute atomic E-state index is 10.9. The average molecular weight is 486 g/mol. The summed E-state index contributed by atoms with van der Waals surface area (Å²) in [5.41, 5.74) is 3.69. The highest BCUT2D eigenvalue weighted by Gasteiger charge is 2.52. The number of rotatable bonds is 7. The first kappa shape index (κ1) is 21.6. The van der Waals surface area contributed by atoms with Crippen LogP contribution < -0.4 is 9.64 Å². The number of hydrogen-bond acceptors (Lipinski definition) is 8. The summed E-state index contributed by atoms with van der Waals surface area (Å²) in [4.78, 5) is 22.1. The van der Waals surface area contributed by atoms with E-state index in [1.165, 1.54) is 0 Å². The molecule has 0 atom stereocenters. The van der Waals surface area contributed by atoms with Gasteiger partial charge in [0.15, 0.2) is 0 Å². The number of nitriles is 1. The first-order chi connectivity index (χ1) is 17.6. The van der Waals surface area contributed by atoms with Crippen molar-refractivity contribution in [2.45, 2.75) is 0 Å². The molecule has 10 nitrogen and oxygen atoms in total. The number of aromatic nitrogens is 3. The van der Waals surface area contributed by atoms with Gasteiger partial charge in [-0.1, -0.05) is 0 Å². The zero-order chi connectivity index (χ0) is 24.3. The molecule has 7 rings (SSSR count). The molecule has 4 aliphatic heterocycles. The van der Waals surface area contributed by atoms with Crippen molar-refractivity contribution in [2.75, 3.05) is 70.5 Å². The minimum absolute atomic E-state index is 0.237. The third-order valence-electron chi connectivity index (χ3n) is 7.98. The number of carbonyl (C=O) groups excluding carboxylic acids is 1. The van der Waals surface area contributed by atoms with Crippen LogP contribution in [0.15, 0.2) is 36.8 Å². The van der Waals surface area contributed by atoms with E-state index < -0.39 is 0 Å². The smallest absolute Gasteiger partial charge is 0.209 e. The van der Waals surface area contributed by atoms with Gasteiger partial charge in [0.2, 0.25) is 6.41 Å². The van der Waals surface area contributed by atoms with E-state index in [4.69, 9.17) is 14.5 Å². The molecule has 3 aromatic rings. The Bertz CT molecular complexity index is 1350. The predicted molar refractivity (Wildman–Crippen MR) is 131 cm³/mol. The lowest BCUT2D eigenvalue weighted by atomic mass is 9.73. The second kappa shape index (κ2) is 7.91. The lowest BCUT2D eigenvalue weighted by molar-refractivity contribution is -0.189. The summed E-state index contributed by atoms with van der Waals surface area (Å²) in [5, 5.41) is 14.0. The third kappa shape index (κ3) is 3.42. The highest BCUT2D eigenvalue weighted by atomic mass is 16.5. The minimum Gasteiger partial charge on any atom is -0.491 e. The standard InChI is InChI=1S/C26H27N7O3/c27-6-20-8-29-33-9-21(36-4-3-30-12-26(13-30)16-35-17-26)5-22(24(20)33)19-1-2-23(28-7-19)32-14-25(15-32)10-31(11-25)18-34/h1-2,5,7-9,18H,3-4,10-17H2. The molecule has 0 unspecified atom stereocenters. The number of fused-ring (bicyclic) bond motifs is 1. The van der Waals surface area contributed by atoms with Crippen LogP contribution in [-0.4, -0.2) is 96.4 Å². The summed E-state index contributed by atoms with van der Waals surface area (Å²) in [6.45, 7) is 8.90. The van der Waals surface area contributed by atoms with E-state index in [-0.39, 0.29) is 5.41 Å². The number of nitrogens with zero attached hydrogens (tertiary/aromatic N) is 7. The van der Waals surface area contributed by atoms with Crippen molar-refractivity contribution in [1.29, 1.82) is 5.26 Å². The van der Waals surface area contributed by atoms with Crippen LogP contribution in [0, 0.1) is 22.2 Å². The second-order valence-electron chi connectivity index (χ2n) is 10.9. The summed E-state index contributed by atoms with van der Waals surface area (Å²) < 4.78 is 13.2. The van der Waals surface area contributed by atoms with Crippen LogP contribution in [0.3, 0.4) is 0 Å². The van der Waals surface area contributed by atoms with Gasteiger partial charge in [-0.05, 0) is 18.2 Å². The molecule has 0 radical (unpaired) electrons. The lowest BCUT2D eigenvalue weighted by Crippen LogP contribution is -2.72. The van der Waals surface area contributed by atoms with Crippen molar-refractivity contribution < 1.29 is 14.3 Å². The zero-order valence-corrected chi connectivity index (χ0v) is 20.0. The number of pyridine rings is 2. The Balaban J connectivity index is 1.07. The molecule has 10 heteroatoms. The average Bonchev–Trinajstić information content (AvgIpc) is 3.21.